The lowest BCUT2D eigenvalue weighted by atomic mass is 10.0. The van der Waals surface area contributed by atoms with Gasteiger partial charge in [0.1, 0.15) is 36.0 Å². The zero-order chi connectivity index (χ0) is 24.6. The SMILES string of the molecule is CC1(C)O[C@@H]2[C@H](O1)[C@@H](C(=O)NCCC#Cc1ccc(/C=N\O)o1)C[C@H]2n1cnc2c(N)ncnc21. The number of hydrogen-bond acceptors (Lipinski definition) is 10. The second kappa shape index (κ2) is 9.01. The van der Waals surface area contributed by atoms with Gasteiger partial charge >= 0.3 is 0 Å². The Bertz CT molecular complexity index is 1330. The maximum absolute atomic E-state index is 13.1. The van der Waals surface area contributed by atoms with E-state index < -0.39 is 17.8 Å². The van der Waals surface area contributed by atoms with Gasteiger partial charge in [-0.15, -0.1) is 0 Å². The molecule has 1 saturated heterocycles. The number of fused-ring (bicyclic) bond motifs is 2. The van der Waals surface area contributed by atoms with Crippen LogP contribution in [0.1, 0.15) is 44.3 Å². The molecule has 1 saturated carbocycles. The van der Waals surface area contributed by atoms with Crippen molar-refractivity contribution in [3.05, 3.63) is 36.3 Å². The van der Waals surface area contributed by atoms with Crippen molar-refractivity contribution in [3.63, 3.8) is 0 Å². The molecule has 182 valence electrons. The molecule has 5 rings (SSSR count). The standard InChI is InChI=1S/C23H25N7O5/c1-23(2)34-18-15(22(31)25-8-4-3-5-13-6-7-14(33-13)10-29-32)9-16(19(18)35-23)30-12-28-17-20(24)26-11-27-21(17)30/h6-7,10-12,15-16,18-19,32H,4,8-9H2,1-2H3,(H,25,31)(H2,24,26,27)/b29-10-/t15-,16+,18+,19-/m0/s1. The van der Waals surface area contributed by atoms with Crippen LogP contribution in [0.25, 0.3) is 11.2 Å². The largest absolute Gasteiger partial charge is 0.447 e. The molecule has 3 aromatic heterocycles. The number of imidazole rings is 1. The number of carbonyl (C=O) groups is 1. The highest BCUT2D eigenvalue weighted by Gasteiger charge is 2.56. The molecule has 1 aliphatic heterocycles. The third kappa shape index (κ3) is 4.43. The maximum Gasteiger partial charge on any atom is 0.225 e. The van der Waals surface area contributed by atoms with Gasteiger partial charge in [-0.25, -0.2) is 15.0 Å². The minimum atomic E-state index is -0.814. The molecule has 3 aromatic rings. The molecule has 0 radical (unpaired) electrons. The van der Waals surface area contributed by atoms with Crippen LogP contribution in [-0.2, 0) is 14.3 Å². The van der Waals surface area contributed by atoms with Crippen LogP contribution in [0, 0.1) is 17.8 Å². The molecule has 1 amide bonds. The number of nitrogens with zero attached hydrogens (tertiary/aromatic N) is 5. The highest BCUT2D eigenvalue weighted by atomic mass is 16.8. The highest BCUT2D eigenvalue weighted by Crippen LogP contribution is 2.47. The van der Waals surface area contributed by atoms with E-state index in [1.807, 2.05) is 18.4 Å². The van der Waals surface area contributed by atoms with Crippen LogP contribution in [0.5, 0.6) is 0 Å². The highest BCUT2D eigenvalue weighted by molar-refractivity contribution is 5.82. The maximum atomic E-state index is 13.1. The van der Waals surface area contributed by atoms with Gasteiger partial charge in [0.2, 0.25) is 5.91 Å². The molecule has 4 heterocycles. The second-order valence-corrected chi connectivity index (χ2v) is 8.85. The number of nitrogens with two attached hydrogens (primary N) is 1. The van der Waals surface area contributed by atoms with E-state index in [1.165, 1.54) is 12.5 Å². The van der Waals surface area contributed by atoms with Gasteiger partial charge in [-0.1, -0.05) is 11.1 Å². The predicted octanol–water partition coefficient (Wildman–Crippen LogP) is 1.45. The summed E-state index contributed by atoms with van der Waals surface area (Å²) in [6.07, 6.45) is 4.42. The third-order valence-electron chi connectivity index (χ3n) is 6.09. The number of furan rings is 1. The quantitative estimate of drug-likeness (QED) is 0.162. The fraction of sp³-hybridized carbons (Fsp3) is 0.435. The molecule has 12 heteroatoms. The normalized spacial score (nSPS) is 25.0. The molecule has 12 nitrogen and oxygen atoms in total. The molecule has 0 bridgehead atoms. The predicted molar refractivity (Wildman–Crippen MR) is 123 cm³/mol. The Morgan fingerprint density at radius 1 is 1.34 bits per heavy atom. The van der Waals surface area contributed by atoms with E-state index in [2.05, 4.69) is 37.3 Å². The number of rotatable bonds is 5. The molecule has 0 unspecified atom stereocenters. The summed E-state index contributed by atoms with van der Waals surface area (Å²) in [4.78, 5) is 25.8. The van der Waals surface area contributed by atoms with Crippen molar-refractivity contribution in [1.82, 2.24) is 24.8 Å². The Balaban J connectivity index is 1.26. The van der Waals surface area contributed by atoms with E-state index in [4.69, 9.17) is 24.8 Å². The number of amides is 1. The summed E-state index contributed by atoms with van der Waals surface area (Å²) < 4.78 is 19.6. The van der Waals surface area contributed by atoms with E-state index in [1.54, 1.807) is 18.5 Å². The number of aromatic nitrogens is 4. The lowest BCUT2D eigenvalue weighted by Gasteiger charge is -2.24. The van der Waals surface area contributed by atoms with Crippen molar-refractivity contribution >= 4 is 29.1 Å². The van der Waals surface area contributed by atoms with Crippen LogP contribution in [0.2, 0.25) is 0 Å². The van der Waals surface area contributed by atoms with Crippen LogP contribution < -0.4 is 11.1 Å². The minimum absolute atomic E-state index is 0.122. The van der Waals surface area contributed by atoms with E-state index in [9.17, 15) is 4.79 Å². The Morgan fingerprint density at radius 2 is 2.17 bits per heavy atom. The first-order chi connectivity index (χ1) is 16.9. The number of oxime groups is 1. The molecule has 4 N–H and O–H groups in total. The molecular weight excluding hydrogens is 454 g/mol. The summed E-state index contributed by atoms with van der Waals surface area (Å²) in [5.41, 5.74) is 7.05. The van der Waals surface area contributed by atoms with Crippen molar-refractivity contribution in [3.8, 4) is 11.8 Å². The summed E-state index contributed by atoms with van der Waals surface area (Å²) >= 11 is 0. The number of nitrogen functional groups attached to an aromatic ring is 1. The fourth-order valence-corrected chi connectivity index (χ4v) is 4.67. The van der Waals surface area contributed by atoms with Crippen LogP contribution in [0.4, 0.5) is 5.82 Å². The van der Waals surface area contributed by atoms with Crippen LogP contribution in [-0.4, -0.2) is 61.4 Å². The van der Waals surface area contributed by atoms with Gasteiger partial charge < -0.3 is 34.7 Å². The first kappa shape index (κ1) is 22.8. The van der Waals surface area contributed by atoms with Gasteiger partial charge in [-0.05, 0) is 38.3 Å². The summed E-state index contributed by atoms with van der Waals surface area (Å²) in [5, 5.41) is 14.4. The summed E-state index contributed by atoms with van der Waals surface area (Å²) in [7, 11) is 0. The zero-order valence-electron chi connectivity index (χ0n) is 19.2. The number of ether oxygens (including phenoxy) is 2. The fourth-order valence-electron chi connectivity index (χ4n) is 4.67. The molecule has 1 aliphatic carbocycles. The summed E-state index contributed by atoms with van der Waals surface area (Å²) in [6.45, 7) is 4.05. The molecule has 0 spiro atoms. The summed E-state index contributed by atoms with van der Waals surface area (Å²) in [6, 6.07) is 3.12. The smallest absolute Gasteiger partial charge is 0.225 e. The van der Waals surface area contributed by atoms with Gasteiger partial charge in [-0.3, -0.25) is 4.79 Å². The van der Waals surface area contributed by atoms with Crippen molar-refractivity contribution < 1.29 is 23.9 Å². The Hall–Kier alpha value is -3.95. The molecular formula is C23H25N7O5. The Morgan fingerprint density at radius 3 is 3.00 bits per heavy atom. The van der Waals surface area contributed by atoms with Gasteiger partial charge in [0.15, 0.2) is 23.0 Å². The first-order valence-corrected chi connectivity index (χ1v) is 11.2. The average Bonchev–Trinajstić information content (AvgIpc) is 3.57. The molecule has 35 heavy (non-hydrogen) atoms. The van der Waals surface area contributed by atoms with Gasteiger partial charge in [-0.2, -0.15) is 0 Å². The van der Waals surface area contributed by atoms with E-state index >= 15 is 0 Å². The van der Waals surface area contributed by atoms with Crippen molar-refractivity contribution in [1.29, 1.82) is 0 Å². The van der Waals surface area contributed by atoms with Crippen molar-refractivity contribution in [2.45, 2.75) is 50.7 Å². The third-order valence-corrected chi connectivity index (χ3v) is 6.09. The van der Waals surface area contributed by atoms with Crippen LogP contribution in [0.15, 0.2) is 34.4 Å². The average molecular weight is 479 g/mol. The second-order valence-electron chi connectivity index (χ2n) is 8.85. The van der Waals surface area contributed by atoms with E-state index in [0.717, 1.165) is 0 Å². The number of carbonyl (C=O) groups excluding carboxylic acids is 1. The Labute approximate surface area is 200 Å². The van der Waals surface area contributed by atoms with E-state index in [0.29, 0.717) is 47.9 Å². The first-order valence-electron chi connectivity index (χ1n) is 11.2. The van der Waals surface area contributed by atoms with Gasteiger partial charge in [0, 0.05) is 13.0 Å². The molecule has 4 atom stereocenters. The monoisotopic (exact) mass is 479 g/mol. The summed E-state index contributed by atoms with van der Waals surface area (Å²) in [5.74, 6) is 5.63. The number of anilines is 1. The number of nitrogens with one attached hydrogen (secondary N) is 1. The topological polar surface area (TPSA) is 163 Å². The van der Waals surface area contributed by atoms with E-state index in [-0.39, 0.29) is 18.1 Å². The molecule has 2 aliphatic rings. The van der Waals surface area contributed by atoms with Gasteiger partial charge in [0.05, 0.1) is 18.3 Å². The lowest BCUT2D eigenvalue weighted by molar-refractivity contribution is -0.163. The van der Waals surface area contributed by atoms with Crippen LogP contribution >= 0.6 is 0 Å². The number of hydrogen-bond donors (Lipinski definition) is 3. The van der Waals surface area contributed by atoms with Gasteiger partial charge in [0.25, 0.3) is 0 Å². The van der Waals surface area contributed by atoms with Crippen molar-refractivity contribution in [2.75, 3.05) is 12.3 Å². The zero-order valence-corrected chi connectivity index (χ0v) is 19.2. The van der Waals surface area contributed by atoms with Crippen LogP contribution in [0.3, 0.4) is 0 Å². The minimum Gasteiger partial charge on any atom is -0.447 e. The Kier molecular flexibility index (Phi) is 5.88. The lowest BCUT2D eigenvalue weighted by Crippen LogP contribution is -2.38. The molecule has 2 fully saturated rings. The molecule has 0 aromatic carbocycles. The van der Waals surface area contributed by atoms with Crippen molar-refractivity contribution in [2.24, 2.45) is 11.1 Å².